The second-order valence-electron chi connectivity index (χ2n) is 9.76. The number of ether oxygens (including phenoxy) is 1. The first kappa shape index (κ1) is 24.4. The van der Waals surface area contributed by atoms with Gasteiger partial charge in [-0.1, -0.05) is 6.92 Å². The molecular weight excluding hydrogens is 444 g/mol. The molecule has 0 unspecified atom stereocenters. The van der Waals surface area contributed by atoms with Crippen LogP contribution >= 0.6 is 0 Å². The molecule has 2 heterocycles. The Kier molecular flexibility index (Phi) is 7.88. The van der Waals surface area contributed by atoms with Gasteiger partial charge >= 0.3 is 0 Å². The van der Waals surface area contributed by atoms with Crippen LogP contribution in [0.15, 0.2) is 23.1 Å². The lowest BCUT2D eigenvalue weighted by Gasteiger charge is -2.27. The van der Waals surface area contributed by atoms with Crippen molar-refractivity contribution in [2.24, 2.45) is 5.92 Å². The van der Waals surface area contributed by atoms with Gasteiger partial charge in [0.2, 0.25) is 10.0 Å². The first-order valence-electron chi connectivity index (χ1n) is 12.2. The maximum absolute atomic E-state index is 12.9. The molecule has 9 nitrogen and oxygen atoms in total. The summed E-state index contributed by atoms with van der Waals surface area (Å²) >= 11 is 0. The van der Waals surface area contributed by atoms with Crippen LogP contribution in [-0.2, 0) is 14.8 Å². The van der Waals surface area contributed by atoms with Gasteiger partial charge in [-0.05, 0) is 69.5 Å². The van der Waals surface area contributed by atoms with Gasteiger partial charge in [-0.25, -0.2) is 13.1 Å². The lowest BCUT2D eigenvalue weighted by molar-refractivity contribution is -0.384. The zero-order chi connectivity index (χ0) is 23.4. The van der Waals surface area contributed by atoms with E-state index in [1.165, 1.54) is 12.1 Å². The Labute approximate surface area is 196 Å². The van der Waals surface area contributed by atoms with Gasteiger partial charge in [-0.3, -0.25) is 15.0 Å². The van der Waals surface area contributed by atoms with Gasteiger partial charge in [0.05, 0.1) is 15.9 Å². The van der Waals surface area contributed by atoms with Gasteiger partial charge in [0.1, 0.15) is 5.69 Å². The average Bonchev–Trinajstić information content (AvgIpc) is 3.19. The van der Waals surface area contributed by atoms with Gasteiger partial charge in [0.25, 0.3) is 5.69 Å². The molecule has 3 aliphatic rings. The number of nitrogens with one attached hydrogen (secondary N) is 1. The molecule has 0 amide bonds. The van der Waals surface area contributed by atoms with Crippen LogP contribution in [0.2, 0.25) is 0 Å². The predicted molar refractivity (Wildman–Crippen MR) is 127 cm³/mol. The number of anilines is 1. The highest BCUT2D eigenvalue weighted by molar-refractivity contribution is 7.89. The van der Waals surface area contributed by atoms with Crippen molar-refractivity contribution >= 4 is 21.4 Å². The SMILES string of the molecule is CC1CCC(NS(=O)(=O)c2ccc(N3CCCN(C[C@H]4CCCO4)CC3)c([N+](=O)[O-])c2)CC1. The summed E-state index contributed by atoms with van der Waals surface area (Å²) in [5.41, 5.74) is 0.340. The molecule has 184 valence electrons. The number of rotatable bonds is 7. The second-order valence-corrected chi connectivity index (χ2v) is 11.5. The van der Waals surface area contributed by atoms with Crippen molar-refractivity contribution < 1.29 is 18.1 Å². The van der Waals surface area contributed by atoms with Gasteiger partial charge in [-0.15, -0.1) is 0 Å². The molecule has 1 saturated carbocycles. The molecule has 0 aromatic heterocycles. The van der Waals surface area contributed by atoms with E-state index < -0.39 is 14.9 Å². The number of hydrogen-bond donors (Lipinski definition) is 1. The van der Waals surface area contributed by atoms with Crippen molar-refractivity contribution in [3.63, 3.8) is 0 Å². The highest BCUT2D eigenvalue weighted by Gasteiger charge is 2.29. The molecule has 1 aliphatic carbocycles. The Balaban J connectivity index is 1.46. The van der Waals surface area contributed by atoms with Crippen LogP contribution in [-0.4, -0.2) is 69.7 Å². The Morgan fingerprint density at radius 3 is 2.58 bits per heavy atom. The molecule has 0 bridgehead atoms. The molecule has 1 N–H and O–H groups in total. The number of benzene rings is 1. The number of nitro benzene ring substituents is 1. The van der Waals surface area contributed by atoms with Crippen molar-refractivity contribution in [1.82, 2.24) is 9.62 Å². The fraction of sp³-hybridized carbons (Fsp3) is 0.739. The van der Waals surface area contributed by atoms with E-state index in [-0.39, 0.29) is 22.7 Å². The molecule has 1 atom stereocenters. The van der Waals surface area contributed by atoms with E-state index in [0.717, 1.165) is 71.2 Å². The molecule has 0 spiro atoms. The first-order chi connectivity index (χ1) is 15.8. The molecule has 2 aliphatic heterocycles. The maximum Gasteiger partial charge on any atom is 0.293 e. The Bertz CT molecular complexity index is 927. The third-order valence-electron chi connectivity index (χ3n) is 7.21. The fourth-order valence-corrected chi connectivity index (χ4v) is 6.54. The summed E-state index contributed by atoms with van der Waals surface area (Å²) in [7, 11) is -3.81. The molecule has 33 heavy (non-hydrogen) atoms. The zero-order valence-electron chi connectivity index (χ0n) is 19.4. The summed E-state index contributed by atoms with van der Waals surface area (Å²) in [6.07, 6.45) is 6.97. The summed E-state index contributed by atoms with van der Waals surface area (Å²) in [4.78, 5) is 15.8. The van der Waals surface area contributed by atoms with E-state index in [4.69, 9.17) is 4.74 Å². The lowest BCUT2D eigenvalue weighted by Crippen LogP contribution is -2.37. The molecule has 0 radical (unpaired) electrons. The van der Waals surface area contributed by atoms with Gasteiger partial charge in [0, 0.05) is 44.9 Å². The molecule has 4 rings (SSSR count). The van der Waals surface area contributed by atoms with Crippen LogP contribution < -0.4 is 9.62 Å². The molecule has 1 aromatic rings. The maximum atomic E-state index is 12.9. The third-order valence-corrected chi connectivity index (χ3v) is 8.72. The van der Waals surface area contributed by atoms with Crippen LogP contribution in [0, 0.1) is 16.0 Å². The predicted octanol–water partition coefficient (Wildman–Crippen LogP) is 3.14. The van der Waals surface area contributed by atoms with E-state index in [2.05, 4.69) is 16.5 Å². The van der Waals surface area contributed by atoms with Crippen LogP contribution in [0.3, 0.4) is 0 Å². The van der Waals surface area contributed by atoms with Crippen molar-refractivity contribution in [3.05, 3.63) is 28.3 Å². The number of hydrogen-bond acceptors (Lipinski definition) is 7. The van der Waals surface area contributed by atoms with Crippen LogP contribution in [0.25, 0.3) is 0 Å². The smallest absolute Gasteiger partial charge is 0.293 e. The molecular formula is C23H36N4O5S. The van der Waals surface area contributed by atoms with Crippen LogP contribution in [0.5, 0.6) is 0 Å². The van der Waals surface area contributed by atoms with Gasteiger partial charge in [-0.2, -0.15) is 0 Å². The monoisotopic (exact) mass is 480 g/mol. The normalized spacial score (nSPS) is 27.4. The van der Waals surface area contributed by atoms with E-state index in [9.17, 15) is 18.5 Å². The second kappa shape index (κ2) is 10.7. The average molecular weight is 481 g/mol. The summed E-state index contributed by atoms with van der Waals surface area (Å²) in [5.74, 6) is 0.612. The molecule has 2 saturated heterocycles. The van der Waals surface area contributed by atoms with E-state index in [1.807, 2.05) is 4.90 Å². The van der Waals surface area contributed by atoms with E-state index in [1.54, 1.807) is 6.07 Å². The summed E-state index contributed by atoms with van der Waals surface area (Å²) in [6.45, 7) is 7.02. The van der Waals surface area contributed by atoms with Gasteiger partial charge < -0.3 is 9.64 Å². The topological polar surface area (TPSA) is 105 Å². The highest BCUT2D eigenvalue weighted by atomic mass is 32.2. The van der Waals surface area contributed by atoms with Crippen molar-refractivity contribution in [1.29, 1.82) is 0 Å². The summed E-state index contributed by atoms with van der Waals surface area (Å²) < 4.78 is 34.4. The molecule has 10 heteroatoms. The number of nitro groups is 1. The minimum atomic E-state index is -3.81. The Morgan fingerprint density at radius 1 is 1.09 bits per heavy atom. The molecule has 1 aromatic carbocycles. The third kappa shape index (κ3) is 6.23. The van der Waals surface area contributed by atoms with Crippen molar-refractivity contribution in [2.75, 3.05) is 44.2 Å². The van der Waals surface area contributed by atoms with Crippen molar-refractivity contribution in [2.45, 2.75) is 68.9 Å². The fourth-order valence-electron chi connectivity index (χ4n) is 5.22. The quantitative estimate of drug-likeness (QED) is 0.472. The van der Waals surface area contributed by atoms with Crippen LogP contribution in [0.1, 0.15) is 51.9 Å². The van der Waals surface area contributed by atoms with Crippen molar-refractivity contribution in [3.8, 4) is 0 Å². The largest absolute Gasteiger partial charge is 0.377 e. The number of nitrogens with zero attached hydrogens (tertiary/aromatic N) is 3. The van der Waals surface area contributed by atoms with E-state index >= 15 is 0 Å². The number of sulfonamides is 1. The van der Waals surface area contributed by atoms with Crippen LogP contribution in [0.4, 0.5) is 11.4 Å². The lowest BCUT2D eigenvalue weighted by atomic mass is 9.88. The summed E-state index contributed by atoms with van der Waals surface area (Å²) in [5, 5.41) is 11.9. The molecule has 3 fully saturated rings. The summed E-state index contributed by atoms with van der Waals surface area (Å²) in [6, 6.07) is 4.22. The Hall–Kier alpha value is -1.75. The minimum absolute atomic E-state index is 0.0357. The first-order valence-corrected chi connectivity index (χ1v) is 13.7. The Morgan fingerprint density at radius 2 is 1.88 bits per heavy atom. The highest BCUT2D eigenvalue weighted by Crippen LogP contribution is 2.32. The minimum Gasteiger partial charge on any atom is -0.377 e. The van der Waals surface area contributed by atoms with Gasteiger partial charge in [0.15, 0.2) is 0 Å². The zero-order valence-corrected chi connectivity index (χ0v) is 20.3. The standard InChI is InChI=1S/C23H36N4O5S/c1-18-5-7-19(8-6-18)24-33(30,31)21-9-10-22(23(16-21)27(28)29)26-12-3-11-25(13-14-26)17-20-4-2-15-32-20/h9-10,16,18-20,24H,2-8,11-15,17H2,1H3/t18?,19?,20-/m1/s1. The van der Waals surface area contributed by atoms with E-state index in [0.29, 0.717) is 24.7 Å².